The van der Waals surface area contributed by atoms with E-state index in [2.05, 4.69) is 20.4 Å². The van der Waals surface area contributed by atoms with Gasteiger partial charge in [0, 0.05) is 18.0 Å². The van der Waals surface area contributed by atoms with Crippen molar-refractivity contribution in [3.63, 3.8) is 0 Å². The number of hydrogen-bond acceptors (Lipinski definition) is 5. The number of aryl methyl sites for hydroxylation is 1. The molecule has 17 heavy (non-hydrogen) atoms. The molecule has 0 aliphatic heterocycles. The van der Waals surface area contributed by atoms with Crippen LogP contribution < -0.4 is 5.73 Å². The third-order valence-corrected chi connectivity index (χ3v) is 2.45. The van der Waals surface area contributed by atoms with Crippen LogP contribution in [-0.2, 0) is 6.54 Å². The predicted octanol–water partition coefficient (Wildman–Crippen LogP) is 0.864. The molecular formula is C11H16N6. The fourth-order valence-electron chi connectivity index (χ4n) is 1.53. The van der Waals surface area contributed by atoms with Crippen molar-refractivity contribution in [2.75, 3.05) is 6.54 Å². The lowest BCUT2D eigenvalue weighted by Crippen LogP contribution is -2.04. The molecule has 0 saturated carbocycles. The Morgan fingerprint density at radius 3 is 2.71 bits per heavy atom. The summed E-state index contributed by atoms with van der Waals surface area (Å²) in [6, 6.07) is 3.74. The molecule has 2 aromatic heterocycles. The standard InChI is InChI=1S/C11H16N6/c12-6-2-1-3-9-17-15-11(14-16-17)10-4-7-13-8-5-10/h4-5,7-8H,1-3,6,9,12H2. The highest BCUT2D eigenvalue weighted by Crippen LogP contribution is 2.10. The summed E-state index contributed by atoms with van der Waals surface area (Å²) >= 11 is 0. The number of nitrogens with zero attached hydrogens (tertiary/aromatic N) is 5. The minimum atomic E-state index is 0.645. The zero-order chi connectivity index (χ0) is 11.9. The Bertz CT molecular complexity index is 438. The Morgan fingerprint density at radius 1 is 1.12 bits per heavy atom. The van der Waals surface area contributed by atoms with Gasteiger partial charge < -0.3 is 5.73 Å². The van der Waals surface area contributed by atoms with Crippen LogP contribution >= 0.6 is 0 Å². The van der Waals surface area contributed by atoms with Crippen molar-refractivity contribution in [3.8, 4) is 11.4 Å². The maximum Gasteiger partial charge on any atom is 0.205 e. The molecule has 0 amide bonds. The molecule has 0 fully saturated rings. The van der Waals surface area contributed by atoms with Crippen molar-refractivity contribution in [1.29, 1.82) is 0 Å². The Hall–Kier alpha value is -1.82. The van der Waals surface area contributed by atoms with Crippen LogP contribution in [0.3, 0.4) is 0 Å². The van der Waals surface area contributed by atoms with E-state index < -0.39 is 0 Å². The number of pyridine rings is 1. The van der Waals surface area contributed by atoms with E-state index in [0.717, 1.165) is 37.9 Å². The van der Waals surface area contributed by atoms with Crippen LogP contribution in [0.15, 0.2) is 24.5 Å². The molecule has 0 unspecified atom stereocenters. The Kier molecular flexibility index (Phi) is 4.15. The highest BCUT2D eigenvalue weighted by atomic mass is 15.6. The van der Waals surface area contributed by atoms with Gasteiger partial charge in [0.05, 0.1) is 6.54 Å². The summed E-state index contributed by atoms with van der Waals surface area (Å²) < 4.78 is 0. The molecule has 0 radical (unpaired) electrons. The van der Waals surface area contributed by atoms with Crippen LogP contribution in [0.2, 0.25) is 0 Å². The van der Waals surface area contributed by atoms with Gasteiger partial charge in [0.2, 0.25) is 5.82 Å². The molecule has 6 heteroatoms. The smallest absolute Gasteiger partial charge is 0.205 e. The van der Waals surface area contributed by atoms with Gasteiger partial charge in [-0.25, -0.2) is 0 Å². The van der Waals surface area contributed by atoms with Crippen LogP contribution in [0.5, 0.6) is 0 Å². The van der Waals surface area contributed by atoms with Crippen molar-refractivity contribution in [3.05, 3.63) is 24.5 Å². The average Bonchev–Trinajstić information content (AvgIpc) is 2.85. The lowest BCUT2D eigenvalue weighted by Gasteiger charge is -1.97. The average molecular weight is 232 g/mol. The Morgan fingerprint density at radius 2 is 1.94 bits per heavy atom. The normalized spacial score (nSPS) is 10.6. The first-order chi connectivity index (χ1) is 8.40. The third-order valence-electron chi connectivity index (χ3n) is 2.45. The lowest BCUT2D eigenvalue weighted by atomic mass is 10.2. The van der Waals surface area contributed by atoms with E-state index in [9.17, 15) is 0 Å². The van der Waals surface area contributed by atoms with Crippen LogP contribution in [0, 0.1) is 0 Å². The zero-order valence-electron chi connectivity index (χ0n) is 9.66. The van der Waals surface area contributed by atoms with E-state index in [4.69, 9.17) is 5.73 Å². The van der Waals surface area contributed by atoms with Gasteiger partial charge in [-0.1, -0.05) is 6.42 Å². The van der Waals surface area contributed by atoms with Gasteiger partial charge in [-0.2, -0.15) is 4.80 Å². The molecule has 0 bridgehead atoms. The SMILES string of the molecule is NCCCCCn1nnc(-c2ccncc2)n1. The molecule has 0 aromatic carbocycles. The summed E-state index contributed by atoms with van der Waals surface area (Å²) in [6.45, 7) is 1.53. The summed E-state index contributed by atoms with van der Waals surface area (Å²) in [4.78, 5) is 5.58. The fraction of sp³-hybridized carbons (Fsp3) is 0.455. The van der Waals surface area contributed by atoms with Crippen molar-refractivity contribution in [2.24, 2.45) is 5.73 Å². The number of tetrazole rings is 1. The van der Waals surface area contributed by atoms with Crippen LogP contribution in [0.4, 0.5) is 0 Å². The van der Waals surface area contributed by atoms with Gasteiger partial charge >= 0.3 is 0 Å². The molecule has 0 atom stereocenters. The van der Waals surface area contributed by atoms with E-state index in [1.165, 1.54) is 0 Å². The van der Waals surface area contributed by atoms with E-state index in [1.807, 2.05) is 12.1 Å². The molecule has 2 N–H and O–H groups in total. The second kappa shape index (κ2) is 6.05. The van der Waals surface area contributed by atoms with Gasteiger partial charge in [-0.15, -0.1) is 10.2 Å². The van der Waals surface area contributed by atoms with E-state index in [1.54, 1.807) is 17.2 Å². The number of hydrogen-bond donors (Lipinski definition) is 1. The summed E-state index contributed by atoms with van der Waals surface area (Å²) in [5, 5.41) is 12.3. The van der Waals surface area contributed by atoms with Gasteiger partial charge in [-0.3, -0.25) is 4.98 Å². The highest BCUT2D eigenvalue weighted by Gasteiger charge is 2.04. The summed E-state index contributed by atoms with van der Waals surface area (Å²) in [7, 11) is 0. The maximum absolute atomic E-state index is 5.43. The number of aromatic nitrogens is 5. The molecule has 90 valence electrons. The van der Waals surface area contributed by atoms with Gasteiger partial charge in [0.1, 0.15) is 0 Å². The molecule has 0 spiro atoms. The number of unbranched alkanes of at least 4 members (excludes halogenated alkanes) is 2. The molecule has 2 aromatic rings. The number of rotatable bonds is 6. The van der Waals surface area contributed by atoms with Crippen LogP contribution in [0.1, 0.15) is 19.3 Å². The highest BCUT2D eigenvalue weighted by molar-refractivity contribution is 5.51. The third kappa shape index (κ3) is 3.32. The molecule has 2 rings (SSSR count). The van der Waals surface area contributed by atoms with Gasteiger partial charge in [0.15, 0.2) is 0 Å². The molecule has 2 heterocycles. The van der Waals surface area contributed by atoms with Crippen molar-refractivity contribution >= 4 is 0 Å². The quantitative estimate of drug-likeness (QED) is 0.747. The minimum absolute atomic E-state index is 0.645. The van der Waals surface area contributed by atoms with Crippen molar-refractivity contribution in [2.45, 2.75) is 25.8 Å². The molecule has 0 saturated heterocycles. The predicted molar refractivity (Wildman–Crippen MR) is 64.0 cm³/mol. The Labute approximate surface area is 99.9 Å². The monoisotopic (exact) mass is 232 g/mol. The van der Waals surface area contributed by atoms with Crippen molar-refractivity contribution < 1.29 is 0 Å². The fourth-order valence-corrected chi connectivity index (χ4v) is 1.53. The second-order valence-electron chi connectivity index (χ2n) is 3.79. The van der Waals surface area contributed by atoms with Crippen molar-refractivity contribution in [1.82, 2.24) is 25.2 Å². The van der Waals surface area contributed by atoms with E-state index in [-0.39, 0.29) is 0 Å². The topological polar surface area (TPSA) is 82.5 Å². The molecule has 0 aliphatic carbocycles. The molecule has 6 nitrogen and oxygen atoms in total. The molecule has 0 aliphatic rings. The first-order valence-electron chi connectivity index (χ1n) is 5.78. The molecular weight excluding hydrogens is 216 g/mol. The number of nitrogens with two attached hydrogens (primary N) is 1. The van der Waals surface area contributed by atoms with Gasteiger partial charge in [-0.05, 0) is 36.7 Å². The first kappa shape index (κ1) is 11.7. The first-order valence-corrected chi connectivity index (χ1v) is 5.78. The van der Waals surface area contributed by atoms with E-state index in [0.29, 0.717) is 5.82 Å². The largest absolute Gasteiger partial charge is 0.330 e. The Balaban J connectivity index is 1.92. The summed E-state index contributed by atoms with van der Waals surface area (Å²) in [5.74, 6) is 0.645. The minimum Gasteiger partial charge on any atom is -0.330 e. The van der Waals surface area contributed by atoms with Gasteiger partial charge in [0.25, 0.3) is 0 Å². The second-order valence-corrected chi connectivity index (χ2v) is 3.79. The van der Waals surface area contributed by atoms with Crippen LogP contribution in [0.25, 0.3) is 11.4 Å². The van der Waals surface area contributed by atoms with E-state index >= 15 is 0 Å². The van der Waals surface area contributed by atoms with Crippen LogP contribution in [-0.4, -0.2) is 31.7 Å². The lowest BCUT2D eigenvalue weighted by molar-refractivity contribution is 0.483. The maximum atomic E-state index is 5.43. The zero-order valence-corrected chi connectivity index (χ0v) is 9.66. The summed E-state index contributed by atoms with van der Waals surface area (Å²) in [6.07, 6.45) is 6.62. The summed E-state index contributed by atoms with van der Waals surface area (Å²) in [5.41, 5.74) is 6.37.